The minimum atomic E-state index is 0.203. The van der Waals surface area contributed by atoms with Gasteiger partial charge in [0.15, 0.2) is 0 Å². The zero-order valence-corrected chi connectivity index (χ0v) is 12.9. The van der Waals surface area contributed by atoms with Gasteiger partial charge in [-0.05, 0) is 40.0 Å². The molecule has 4 heteroatoms. The van der Waals surface area contributed by atoms with Crippen LogP contribution in [0.5, 0.6) is 0 Å². The smallest absolute Gasteiger partial charge is 0.0471 e. The summed E-state index contributed by atoms with van der Waals surface area (Å²) in [4.78, 5) is 7.31. The lowest BCUT2D eigenvalue weighted by Crippen LogP contribution is -2.57. The van der Waals surface area contributed by atoms with E-state index in [-0.39, 0.29) is 5.54 Å². The highest BCUT2D eigenvalue weighted by Crippen LogP contribution is 2.27. The van der Waals surface area contributed by atoms with Crippen molar-refractivity contribution in [2.75, 3.05) is 60.4 Å². The summed E-state index contributed by atoms with van der Waals surface area (Å²) in [5.41, 5.74) is 6.34. The molecule has 0 bridgehead atoms. The molecule has 1 aliphatic rings. The van der Waals surface area contributed by atoms with Crippen molar-refractivity contribution in [1.29, 1.82) is 0 Å². The molecular weight excluding hydrogens is 224 g/mol. The van der Waals surface area contributed by atoms with E-state index in [1.807, 2.05) is 0 Å². The van der Waals surface area contributed by atoms with Crippen molar-refractivity contribution in [3.63, 3.8) is 0 Å². The molecule has 2 N–H and O–H groups in total. The van der Waals surface area contributed by atoms with Gasteiger partial charge >= 0.3 is 0 Å². The van der Waals surface area contributed by atoms with Crippen molar-refractivity contribution in [1.82, 2.24) is 14.7 Å². The van der Waals surface area contributed by atoms with Crippen LogP contribution in [0.2, 0.25) is 0 Å². The van der Waals surface area contributed by atoms with Crippen LogP contribution in [-0.2, 0) is 0 Å². The highest BCUT2D eigenvalue weighted by atomic mass is 15.3. The molecule has 1 rings (SSSR count). The number of rotatable bonds is 7. The van der Waals surface area contributed by atoms with Crippen molar-refractivity contribution >= 4 is 0 Å². The molecule has 4 nitrogen and oxygen atoms in total. The monoisotopic (exact) mass is 256 g/mol. The van der Waals surface area contributed by atoms with Gasteiger partial charge < -0.3 is 15.5 Å². The number of likely N-dealkylation sites (N-methyl/N-ethyl adjacent to an activating group) is 2. The van der Waals surface area contributed by atoms with Crippen molar-refractivity contribution < 1.29 is 0 Å². The average Bonchev–Trinajstić information content (AvgIpc) is 2.66. The van der Waals surface area contributed by atoms with E-state index in [0.717, 1.165) is 32.7 Å². The molecule has 1 aliphatic heterocycles. The second kappa shape index (κ2) is 6.85. The van der Waals surface area contributed by atoms with E-state index in [0.29, 0.717) is 5.92 Å². The Bertz CT molecular complexity index is 242. The SMILES string of the molecule is CC(C)CN(CCN(C)C)C1(CN)CCN(C)C1. The number of nitrogens with zero attached hydrogens (tertiary/aromatic N) is 3. The number of hydrogen-bond donors (Lipinski definition) is 1. The molecule has 1 unspecified atom stereocenters. The lowest BCUT2D eigenvalue weighted by molar-refractivity contribution is 0.0802. The van der Waals surface area contributed by atoms with Gasteiger partial charge in [0.05, 0.1) is 0 Å². The molecule has 0 amide bonds. The molecule has 108 valence electrons. The van der Waals surface area contributed by atoms with Gasteiger partial charge in [-0.2, -0.15) is 0 Å². The standard InChI is InChI=1S/C14H32N4/c1-13(2)10-18(9-8-16(3)4)14(11-15)6-7-17(5)12-14/h13H,6-12,15H2,1-5H3. The van der Waals surface area contributed by atoms with Crippen LogP contribution in [0.1, 0.15) is 20.3 Å². The second-order valence-corrected chi connectivity index (χ2v) is 6.56. The maximum atomic E-state index is 6.13. The topological polar surface area (TPSA) is 35.7 Å². The van der Waals surface area contributed by atoms with Gasteiger partial charge in [0, 0.05) is 38.3 Å². The molecule has 1 heterocycles. The molecule has 0 radical (unpaired) electrons. The molecular formula is C14H32N4. The predicted molar refractivity (Wildman–Crippen MR) is 78.9 cm³/mol. The third-order valence-corrected chi connectivity index (χ3v) is 3.98. The minimum absolute atomic E-state index is 0.203. The Morgan fingerprint density at radius 2 is 1.94 bits per heavy atom. The predicted octanol–water partition coefficient (Wildman–Crippen LogP) is 0.539. The van der Waals surface area contributed by atoms with Gasteiger partial charge in [0.2, 0.25) is 0 Å². The Morgan fingerprint density at radius 1 is 1.28 bits per heavy atom. The summed E-state index contributed by atoms with van der Waals surface area (Å²) in [6, 6.07) is 0. The largest absolute Gasteiger partial charge is 0.329 e. The molecule has 0 spiro atoms. The summed E-state index contributed by atoms with van der Waals surface area (Å²) in [5, 5.41) is 0. The molecule has 18 heavy (non-hydrogen) atoms. The van der Waals surface area contributed by atoms with Gasteiger partial charge in [0.25, 0.3) is 0 Å². The molecule has 1 fully saturated rings. The van der Waals surface area contributed by atoms with E-state index in [2.05, 4.69) is 49.7 Å². The molecule has 0 saturated carbocycles. The zero-order chi connectivity index (χ0) is 13.8. The van der Waals surface area contributed by atoms with E-state index < -0.39 is 0 Å². The summed E-state index contributed by atoms with van der Waals surface area (Å²) in [5.74, 6) is 0.696. The van der Waals surface area contributed by atoms with Crippen LogP contribution in [0, 0.1) is 5.92 Å². The maximum absolute atomic E-state index is 6.13. The zero-order valence-electron chi connectivity index (χ0n) is 12.9. The fourth-order valence-corrected chi connectivity index (χ4v) is 2.90. The summed E-state index contributed by atoms with van der Waals surface area (Å²) in [6.45, 7) is 11.0. The van der Waals surface area contributed by atoms with Crippen LogP contribution in [0.3, 0.4) is 0 Å². The fraction of sp³-hybridized carbons (Fsp3) is 1.00. The first kappa shape index (κ1) is 15.9. The summed E-state index contributed by atoms with van der Waals surface area (Å²) in [7, 11) is 6.49. The lowest BCUT2D eigenvalue weighted by atomic mass is 9.94. The van der Waals surface area contributed by atoms with Crippen molar-refractivity contribution in [2.24, 2.45) is 11.7 Å². The first-order valence-electron chi connectivity index (χ1n) is 7.18. The Hall–Kier alpha value is -0.160. The van der Waals surface area contributed by atoms with Crippen LogP contribution < -0.4 is 5.73 Å². The summed E-state index contributed by atoms with van der Waals surface area (Å²) >= 11 is 0. The van der Waals surface area contributed by atoms with Crippen LogP contribution in [0.25, 0.3) is 0 Å². The molecule has 0 aromatic carbocycles. The van der Waals surface area contributed by atoms with E-state index in [4.69, 9.17) is 5.73 Å². The third kappa shape index (κ3) is 4.19. The van der Waals surface area contributed by atoms with Crippen molar-refractivity contribution in [3.8, 4) is 0 Å². The molecule has 0 aromatic rings. The highest BCUT2D eigenvalue weighted by Gasteiger charge is 2.40. The number of likely N-dealkylation sites (tertiary alicyclic amines) is 1. The van der Waals surface area contributed by atoms with E-state index in [1.165, 1.54) is 13.0 Å². The quantitative estimate of drug-likeness (QED) is 0.721. The summed E-state index contributed by atoms with van der Waals surface area (Å²) < 4.78 is 0. The Kier molecular flexibility index (Phi) is 6.05. The van der Waals surface area contributed by atoms with E-state index in [1.54, 1.807) is 0 Å². The van der Waals surface area contributed by atoms with E-state index in [9.17, 15) is 0 Å². The molecule has 0 aromatic heterocycles. The first-order valence-corrected chi connectivity index (χ1v) is 7.18. The van der Waals surface area contributed by atoms with Crippen molar-refractivity contribution in [2.45, 2.75) is 25.8 Å². The molecule has 1 saturated heterocycles. The Labute approximate surface area is 113 Å². The van der Waals surface area contributed by atoms with Crippen LogP contribution in [0.15, 0.2) is 0 Å². The van der Waals surface area contributed by atoms with Crippen LogP contribution in [-0.4, -0.2) is 80.7 Å². The molecule has 1 atom stereocenters. The van der Waals surface area contributed by atoms with Crippen LogP contribution >= 0.6 is 0 Å². The Morgan fingerprint density at radius 3 is 2.33 bits per heavy atom. The average molecular weight is 256 g/mol. The van der Waals surface area contributed by atoms with Gasteiger partial charge in [-0.15, -0.1) is 0 Å². The van der Waals surface area contributed by atoms with Gasteiger partial charge in [-0.3, -0.25) is 4.90 Å². The fourth-order valence-electron chi connectivity index (χ4n) is 2.90. The Balaban J connectivity index is 2.72. The number of hydrogen-bond acceptors (Lipinski definition) is 4. The van der Waals surface area contributed by atoms with E-state index >= 15 is 0 Å². The van der Waals surface area contributed by atoms with Crippen LogP contribution in [0.4, 0.5) is 0 Å². The third-order valence-electron chi connectivity index (χ3n) is 3.98. The highest BCUT2D eigenvalue weighted by molar-refractivity contribution is 4.99. The van der Waals surface area contributed by atoms with Crippen molar-refractivity contribution in [3.05, 3.63) is 0 Å². The lowest BCUT2D eigenvalue weighted by Gasteiger charge is -2.42. The molecule has 0 aliphatic carbocycles. The maximum Gasteiger partial charge on any atom is 0.0471 e. The summed E-state index contributed by atoms with van der Waals surface area (Å²) in [6.07, 6.45) is 1.21. The normalized spacial score (nSPS) is 25.8. The second-order valence-electron chi connectivity index (χ2n) is 6.56. The first-order chi connectivity index (χ1) is 8.39. The van der Waals surface area contributed by atoms with Gasteiger partial charge in [0.1, 0.15) is 0 Å². The minimum Gasteiger partial charge on any atom is -0.329 e. The van der Waals surface area contributed by atoms with Gasteiger partial charge in [-0.25, -0.2) is 0 Å². The van der Waals surface area contributed by atoms with Gasteiger partial charge in [-0.1, -0.05) is 13.8 Å². The number of nitrogens with two attached hydrogens (primary N) is 1.